The van der Waals surface area contributed by atoms with Crippen LogP contribution in [0.25, 0.3) is 0 Å². The SMILES string of the molecule is Cc1noc(CCNc2ccnc(N)n2)n1. The van der Waals surface area contributed by atoms with Gasteiger partial charge < -0.3 is 15.6 Å². The summed E-state index contributed by atoms with van der Waals surface area (Å²) in [4.78, 5) is 11.9. The van der Waals surface area contributed by atoms with Crippen molar-refractivity contribution in [3.05, 3.63) is 24.0 Å². The van der Waals surface area contributed by atoms with Gasteiger partial charge in [0.2, 0.25) is 11.8 Å². The minimum Gasteiger partial charge on any atom is -0.369 e. The highest BCUT2D eigenvalue weighted by atomic mass is 16.5. The Bertz CT molecular complexity index is 469. The van der Waals surface area contributed by atoms with Gasteiger partial charge in [-0.2, -0.15) is 9.97 Å². The molecular weight excluding hydrogens is 208 g/mol. The Morgan fingerprint density at radius 2 is 2.31 bits per heavy atom. The van der Waals surface area contributed by atoms with E-state index in [1.54, 1.807) is 19.2 Å². The van der Waals surface area contributed by atoms with Gasteiger partial charge in [0.05, 0.1) is 0 Å². The summed E-state index contributed by atoms with van der Waals surface area (Å²) in [6, 6.07) is 1.75. The predicted molar refractivity (Wildman–Crippen MR) is 57.7 cm³/mol. The van der Waals surface area contributed by atoms with Gasteiger partial charge in [-0.25, -0.2) is 4.98 Å². The van der Waals surface area contributed by atoms with Crippen molar-refractivity contribution in [3.8, 4) is 0 Å². The zero-order valence-electron chi connectivity index (χ0n) is 8.84. The molecule has 0 saturated heterocycles. The maximum Gasteiger partial charge on any atom is 0.228 e. The van der Waals surface area contributed by atoms with Crippen LogP contribution in [0.3, 0.4) is 0 Å². The van der Waals surface area contributed by atoms with Crippen molar-refractivity contribution < 1.29 is 4.52 Å². The van der Waals surface area contributed by atoms with Crippen LogP contribution in [-0.2, 0) is 6.42 Å². The van der Waals surface area contributed by atoms with Gasteiger partial charge in [0.1, 0.15) is 5.82 Å². The molecule has 0 atom stereocenters. The molecule has 2 heterocycles. The number of nitrogens with one attached hydrogen (secondary N) is 1. The molecule has 2 aromatic heterocycles. The molecule has 7 nitrogen and oxygen atoms in total. The van der Waals surface area contributed by atoms with Crippen molar-refractivity contribution in [2.24, 2.45) is 0 Å². The van der Waals surface area contributed by atoms with Gasteiger partial charge in [0, 0.05) is 19.2 Å². The second kappa shape index (κ2) is 4.56. The Morgan fingerprint density at radius 3 is 3.00 bits per heavy atom. The Balaban J connectivity index is 1.84. The maximum atomic E-state index is 5.44. The monoisotopic (exact) mass is 220 g/mol. The zero-order chi connectivity index (χ0) is 11.4. The fourth-order valence-corrected chi connectivity index (χ4v) is 1.21. The Kier molecular flexibility index (Phi) is 2.95. The number of nitrogens with zero attached hydrogens (tertiary/aromatic N) is 4. The number of rotatable bonds is 4. The van der Waals surface area contributed by atoms with E-state index in [1.807, 2.05) is 0 Å². The summed E-state index contributed by atoms with van der Waals surface area (Å²) in [5, 5.41) is 6.78. The number of nitrogen functional groups attached to an aromatic ring is 1. The molecular formula is C9H12N6O. The van der Waals surface area contributed by atoms with Gasteiger partial charge >= 0.3 is 0 Å². The fourth-order valence-electron chi connectivity index (χ4n) is 1.21. The van der Waals surface area contributed by atoms with Gasteiger partial charge in [0.25, 0.3) is 0 Å². The Labute approximate surface area is 92.1 Å². The number of hydrogen-bond acceptors (Lipinski definition) is 7. The zero-order valence-corrected chi connectivity index (χ0v) is 8.84. The van der Waals surface area contributed by atoms with E-state index in [-0.39, 0.29) is 5.95 Å². The number of aryl methyl sites for hydroxylation is 1. The first-order valence-electron chi connectivity index (χ1n) is 4.85. The first kappa shape index (κ1) is 10.3. The van der Waals surface area contributed by atoms with Gasteiger partial charge in [-0.3, -0.25) is 0 Å². The molecule has 16 heavy (non-hydrogen) atoms. The van der Waals surface area contributed by atoms with Crippen LogP contribution < -0.4 is 11.1 Å². The van der Waals surface area contributed by atoms with E-state index >= 15 is 0 Å². The van der Waals surface area contributed by atoms with E-state index in [0.29, 0.717) is 30.5 Å². The molecule has 7 heteroatoms. The average Bonchev–Trinajstić information content (AvgIpc) is 2.64. The first-order valence-corrected chi connectivity index (χ1v) is 4.85. The predicted octanol–water partition coefficient (Wildman–Crippen LogP) is 0.405. The van der Waals surface area contributed by atoms with E-state index < -0.39 is 0 Å². The third kappa shape index (κ3) is 2.66. The molecule has 0 aromatic carbocycles. The van der Waals surface area contributed by atoms with E-state index in [2.05, 4.69) is 25.4 Å². The maximum absolute atomic E-state index is 5.44. The molecule has 0 saturated carbocycles. The van der Waals surface area contributed by atoms with Crippen molar-refractivity contribution in [2.45, 2.75) is 13.3 Å². The van der Waals surface area contributed by atoms with Gasteiger partial charge in [-0.05, 0) is 13.0 Å². The summed E-state index contributed by atoms with van der Waals surface area (Å²) in [6.45, 7) is 2.43. The second-order valence-electron chi connectivity index (χ2n) is 3.21. The third-order valence-electron chi connectivity index (χ3n) is 1.89. The fraction of sp³-hybridized carbons (Fsp3) is 0.333. The lowest BCUT2D eigenvalue weighted by Crippen LogP contribution is -2.07. The van der Waals surface area contributed by atoms with Gasteiger partial charge in [0.15, 0.2) is 5.82 Å². The van der Waals surface area contributed by atoms with Crippen LogP contribution in [0.5, 0.6) is 0 Å². The van der Waals surface area contributed by atoms with Crippen LogP contribution in [0.1, 0.15) is 11.7 Å². The van der Waals surface area contributed by atoms with Gasteiger partial charge in [-0.15, -0.1) is 0 Å². The van der Waals surface area contributed by atoms with Crippen molar-refractivity contribution in [1.29, 1.82) is 0 Å². The molecule has 0 bridgehead atoms. The average molecular weight is 220 g/mol. The van der Waals surface area contributed by atoms with Crippen molar-refractivity contribution in [1.82, 2.24) is 20.1 Å². The quantitative estimate of drug-likeness (QED) is 0.768. The van der Waals surface area contributed by atoms with E-state index in [9.17, 15) is 0 Å². The molecule has 84 valence electrons. The van der Waals surface area contributed by atoms with Crippen LogP contribution in [0, 0.1) is 6.92 Å². The molecule has 0 unspecified atom stereocenters. The minimum absolute atomic E-state index is 0.249. The standard InChI is InChI=1S/C9H12N6O/c1-6-13-8(16-15-6)3-5-11-7-2-4-12-9(10)14-7/h2,4H,3,5H2,1H3,(H3,10,11,12,14). The lowest BCUT2D eigenvalue weighted by molar-refractivity contribution is 0.377. The summed E-state index contributed by atoms with van der Waals surface area (Å²) >= 11 is 0. The van der Waals surface area contributed by atoms with Crippen LogP contribution in [0.2, 0.25) is 0 Å². The number of anilines is 2. The van der Waals surface area contributed by atoms with E-state index in [4.69, 9.17) is 10.3 Å². The summed E-state index contributed by atoms with van der Waals surface area (Å²) < 4.78 is 4.97. The van der Waals surface area contributed by atoms with Crippen LogP contribution in [-0.4, -0.2) is 26.7 Å². The summed E-state index contributed by atoms with van der Waals surface area (Å²) in [7, 11) is 0. The largest absolute Gasteiger partial charge is 0.369 e. The Morgan fingerprint density at radius 1 is 1.44 bits per heavy atom. The molecule has 0 amide bonds. The number of nitrogens with two attached hydrogens (primary N) is 1. The highest BCUT2D eigenvalue weighted by molar-refractivity contribution is 5.37. The third-order valence-corrected chi connectivity index (χ3v) is 1.89. The van der Waals surface area contributed by atoms with Crippen LogP contribution in [0.4, 0.5) is 11.8 Å². The van der Waals surface area contributed by atoms with Crippen molar-refractivity contribution >= 4 is 11.8 Å². The molecule has 0 aliphatic carbocycles. The van der Waals surface area contributed by atoms with E-state index in [0.717, 1.165) is 0 Å². The lowest BCUT2D eigenvalue weighted by atomic mass is 10.4. The first-order chi connectivity index (χ1) is 7.74. The Hall–Kier alpha value is -2.18. The molecule has 2 rings (SSSR count). The topological polar surface area (TPSA) is 103 Å². The van der Waals surface area contributed by atoms with E-state index in [1.165, 1.54) is 0 Å². The molecule has 2 aromatic rings. The van der Waals surface area contributed by atoms with Crippen LogP contribution >= 0.6 is 0 Å². The molecule has 0 aliphatic rings. The van der Waals surface area contributed by atoms with Crippen LogP contribution in [0.15, 0.2) is 16.8 Å². The van der Waals surface area contributed by atoms with Gasteiger partial charge in [-0.1, -0.05) is 5.16 Å². The molecule has 0 radical (unpaired) electrons. The second-order valence-corrected chi connectivity index (χ2v) is 3.21. The number of aromatic nitrogens is 4. The molecule has 3 N–H and O–H groups in total. The minimum atomic E-state index is 0.249. The smallest absolute Gasteiger partial charge is 0.228 e. The molecule has 0 aliphatic heterocycles. The molecule has 0 fully saturated rings. The highest BCUT2D eigenvalue weighted by Crippen LogP contribution is 2.03. The summed E-state index contributed by atoms with van der Waals surface area (Å²) in [5.41, 5.74) is 5.44. The highest BCUT2D eigenvalue weighted by Gasteiger charge is 2.02. The number of hydrogen-bond donors (Lipinski definition) is 2. The van der Waals surface area contributed by atoms with Crippen molar-refractivity contribution in [2.75, 3.05) is 17.6 Å². The molecule has 0 spiro atoms. The lowest BCUT2D eigenvalue weighted by Gasteiger charge is -2.02. The summed E-state index contributed by atoms with van der Waals surface area (Å²) in [5.74, 6) is 2.18. The normalized spacial score (nSPS) is 10.3. The summed E-state index contributed by atoms with van der Waals surface area (Å²) in [6.07, 6.45) is 2.24. The van der Waals surface area contributed by atoms with Crippen molar-refractivity contribution in [3.63, 3.8) is 0 Å².